The van der Waals surface area contributed by atoms with Crippen molar-refractivity contribution in [1.29, 1.82) is 0 Å². The van der Waals surface area contributed by atoms with Crippen LogP contribution in [0.3, 0.4) is 0 Å². The summed E-state index contributed by atoms with van der Waals surface area (Å²) in [7, 11) is 0. The molecule has 6 bridgehead atoms. The maximum atomic E-state index is 15.4. The Hall–Kier alpha value is -6.06. The topological polar surface area (TPSA) is 605 Å². The van der Waals surface area contributed by atoms with Gasteiger partial charge < -0.3 is 135 Å². The molecule has 53 heteroatoms. The maximum absolute atomic E-state index is 15.4. The molecule has 45 nitrogen and oxygen atoms in total. The highest BCUT2D eigenvalue weighted by atomic mass is 32.7. The van der Waals surface area contributed by atoms with Gasteiger partial charge in [-0.25, -0.2) is 44.5 Å². The Morgan fingerprint density at radius 2 is 1.02 bits per heavy atom. The van der Waals surface area contributed by atoms with Crippen LogP contribution in [0.5, 0.6) is 0 Å². The molecule has 8 aromatic heterocycles. The molecule has 0 aliphatic carbocycles. The van der Waals surface area contributed by atoms with Crippen molar-refractivity contribution >= 4 is 137 Å². The first kappa shape index (κ1) is 77.9. The zero-order valence-electron chi connectivity index (χ0n) is 58.2. The van der Waals surface area contributed by atoms with E-state index in [2.05, 4.69) is 54.8 Å². The molecule has 8 aromatic rings. The molecule has 0 aromatic carbocycles. The molecule has 0 saturated carbocycles. The Kier molecular flexibility index (Phi) is 20.1. The van der Waals surface area contributed by atoms with Crippen LogP contribution in [-0.2, 0) is 126 Å². The second kappa shape index (κ2) is 28.4. The molecule has 16 rings (SSSR count). The summed E-state index contributed by atoms with van der Waals surface area (Å²) in [5.41, 5.74) is 23.4. The lowest BCUT2D eigenvalue weighted by atomic mass is 9.94. The van der Waals surface area contributed by atoms with Gasteiger partial charge in [0.1, 0.15) is 127 Å². The number of hydrogen-bond acceptors (Lipinski definition) is 43. The fourth-order valence-electron chi connectivity index (χ4n) is 15.2. The standard InChI is InChI=1S/C57H73N21O24P4S4/c1-7-26-27(8-31(94-26)76-18-67-32-43(60)63-16-65-45(32)76)99-103(83,107)87-12-29-28(9-30(95-29)74-10-21(2)41(58)70-53(74)81)100-104(84,108)89-14-56-24(5)92-36(50(97-56)75-11-22(3)42(59)71-54(75)82)39(56)101-106(86,110)90-15-57-25(6)93-37(51(98-57)77-19-68-33-44(61)64-17-66-46(33)77)40(57)102-105(85,109)88-13-55-23(4)91-35(38(55)79)49(96-55)78-20-69-34-47(78)72-52(62)73-48(34)80/h10-11,16-20,23-31,35-40,49-51,79H,7-9,12-15H2,1-6H3,(H,83,107)(H,84,108)(H,85,109)(H,86,110)(H2,58,70,81)(H2,59,71,82)(H2,60,63,65)(H2,61,64,66)(H3,62,72,73,80)/p-4/t23-,24-,25-,26+,27+,28+,29+,30+,31+,35?,36?,37?,38+,39+,40+,49+,50+,51+,55-,56-,57-,103?,104?,105?,106?/m0/s1. The third-order valence-corrected chi connectivity index (χ3v) is 27.0. The van der Waals surface area contributed by atoms with Crippen molar-refractivity contribution in [3.05, 3.63) is 86.5 Å². The van der Waals surface area contributed by atoms with Gasteiger partial charge in [-0.2, -0.15) is 15.0 Å². The molecule has 0 amide bonds. The van der Waals surface area contributed by atoms with Crippen molar-refractivity contribution in [2.45, 2.75) is 188 Å². The minimum absolute atomic E-state index is 0.00165. The number of aliphatic hydroxyl groups is 1. The number of hydrogen-bond donors (Lipinski definition) is 7. The van der Waals surface area contributed by atoms with Crippen LogP contribution in [0.15, 0.2) is 58.4 Å². The highest BCUT2D eigenvalue weighted by molar-refractivity contribution is 8.32. The van der Waals surface area contributed by atoms with Crippen LogP contribution in [0, 0.1) is 13.8 Å². The monoisotopic (exact) mass is 1680 g/mol. The number of rotatable bonds is 26. The largest absolute Gasteiger partial charge is 0.780 e. The molecule has 12 N–H and O–H groups in total. The van der Waals surface area contributed by atoms with E-state index in [1.165, 1.54) is 67.0 Å². The van der Waals surface area contributed by atoms with Crippen molar-refractivity contribution in [3.63, 3.8) is 0 Å². The summed E-state index contributed by atoms with van der Waals surface area (Å²) in [6.07, 6.45) is -12.9. The minimum Gasteiger partial charge on any atom is -0.780 e. The van der Waals surface area contributed by atoms with Crippen LogP contribution >= 0.6 is 27.0 Å². The molecular weight excluding hydrogens is 1610 g/mol. The van der Waals surface area contributed by atoms with Crippen LogP contribution in [-0.4, -0.2) is 205 Å². The molecule has 8 fully saturated rings. The number of nitrogens with one attached hydrogen (secondary N) is 1. The van der Waals surface area contributed by atoms with Crippen LogP contribution in [0.25, 0.3) is 33.5 Å². The lowest BCUT2D eigenvalue weighted by Gasteiger charge is -2.42. The second-order valence-corrected chi connectivity index (χ2v) is 38.2. The Morgan fingerprint density at radius 3 is 1.62 bits per heavy atom. The van der Waals surface area contributed by atoms with Crippen molar-refractivity contribution in [3.8, 4) is 0 Å². The van der Waals surface area contributed by atoms with Gasteiger partial charge >= 0.3 is 11.4 Å². The summed E-state index contributed by atoms with van der Waals surface area (Å²) < 4.78 is 122. The Labute approximate surface area is 639 Å². The second-order valence-electron chi connectivity index (χ2n) is 27.4. The van der Waals surface area contributed by atoms with Gasteiger partial charge in [-0.15, -0.1) is 0 Å². The Morgan fingerprint density at radius 1 is 0.564 bits per heavy atom. The molecule has 8 aliphatic heterocycles. The number of H-pyrrole nitrogens is 1. The van der Waals surface area contributed by atoms with Crippen molar-refractivity contribution in [2.75, 3.05) is 55.1 Å². The van der Waals surface area contributed by atoms with Gasteiger partial charge in [0, 0.05) is 36.4 Å². The maximum Gasteiger partial charge on any atom is 0.351 e. The van der Waals surface area contributed by atoms with E-state index in [-0.39, 0.29) is 64.4 Å². The summed E-state index contributed by atoms with van der Waals surface area (Å²) in [6, 6.07) is 0. The number of nitrogen functional groups attached to an aromatic ring is 5. The number of anilines is 5. The van der Waals surface area contributed by atoms with Crippen LogP contribution in [0.2, 0.25) is 0 Å². The van der Waals surface area contributed by atoms with Crippen LogP contribution < -0.4 is 60.3 Å². The van der Waals surface area contributed by atoms with E-state index >= 15 is 9.46 Å². The Balaban J connectivity index is 0.653. The Bertz CT molecular complexity index is 5380. The number of aromatic amines is 1. The lowest BCUT2D eigenvalue weighted by Crippen LogP contribution is -2.52. The average Bonchev–Trinajstić information content (AvgIpc) is 1.56. The van der Waals surface area contributed by atoms with E-state index in [9.17, 15) is 29.3 Å². The molecule has 594 valence electrons. The van der Waals surface area contributed by atoms with E-state index in [4.69, 9.17) is 150 Å². The van der Waals surface area contributed by atoms with Gasteiger partial charge in [-0.05, 0) is 41.0 Å². The number of nitrogens with zero attached hydrogens (tertiary/aromatic N) is 15. The summed E-state index contributed by atoms with van der Waals surface area (Å²) in [4.78, 5) is 129. The lowest BCUT2D eigenvalue weighted by molar-refractivity contribution is -0.244. The van der Waals surface area contributed by atoms with E-state index in [0.29, 0.717) is 28.7 Å². The van der Waals surface area contributed by atoms with Crippen molar-refractivity contribution < 1.29 is 98.4 Å². The summed E-state index contributed by atoms with van der Waals surface area (Å²) >= 11 is 22.5. The quantitative estimate of drug-likeness (QED) is 0.0236. The zero-order valence-corrected chi connectivity index (χ0v) is 65.1. The van der Waals surface area contributed by atoms with Gasteiger partial charge in [-0.1, -0.05) is 42.3 Å². The first-order valence-electron chi connectivity index (χ1n) is 33.8. The van der Waals surface area contributed by atoms with E-state index < -0.39 is 198 Å². The number of aryl methyl sites for hydroxylation is 2. The first-order valence-corrected chi connectivity index (χ1v) is 44.1. The number of nitrogens with two attached hydrogens (primary N) is 5. The molecule has 8 saturated heterocycles. The SMILES string of the molecule is CC[C@H]1O[C@@H](n2cnc3c(N)ncnc32)C[C@H]1OP([O-])(=S)OC[C@H]1O[C@@H](n2cc(C)c(N)nc2=O)C[C@H]1OP(=O)([S-])OC[C@]12O[C@@H](n3cc(C)c(N)nc3=O)C(O[C@H]1C)[C@H]2OP([O-])(=S)OC[C@]12O[C@@H](n3cnc4c(N)ncnc43)C(O[C@H]1C)[C@H]2OP([O-])(=S)OC[C@]12O[C@@H](n3cnc4c(=O)[nH]c(N)nc43)C(O[C@H]1C)[C@H]2O. The first-order chi connectivity index (χ1) is 52.0. The minimum atomic E-state index is -5.10. The summed E-state index contributed by atoms with van der Waals surface area (Å²) in [5, 5.41) is 11.8. The van der Waals surface area contributed by atoms with Gasteiger partial charge in [0.25, 0.3) is 5.56 Å². The van der Waals surface area contributed by atoms with Crippen molar-refractivity contribution in [1.82, 2.24) is 77.7 Å². The number of imidazole rings is 3. The number of aromatic nitrogens is 16. The smallest absolute Gasteiger partial charge is 0.351 e. The number of ether oxygens (including phenoxy) is 8. The van der Waals surface area contributed by atoms with E-state index in [1.807, 2.05) is 6.92 Å². The molecule has 25 atom stereocenters. The van der Waals surface area contributed by atoms with Crippen LogP contribution in [0.4, 0.5) is 29.2 Å². The highest BCUT2D eigenvalue weighted by Crippen LogP contribution is 2.62. The fourth-order valence-corrected chi connectivity index (χ4v) is 21.0. The van der Waals surface area contributed by atoms with Gasteiger partial charge in [0.2, 0.25) is 5.95 Å². The number of fused-ring (bicyclic) bond motifs is 9. The zero-order chi connectivity index (χ0) is 78.0. The van der Waals surface area contributed by atoms with E-state index in [1.54, 1.807) is 25.3 Å². The highest BCUT2D eigenvalue weighted by Gasteiger charge is 2.71. The van der Waals surface area contributed by atoms with Crippen LogP contribution in [0.1, 0.15) is 89.2 Å². The van der Waals surface area contributed by atoms with Gasteiger partial charge in [0.15, 0.2) is 59.6 Å². The van der Waals surface area contributed by atoms with Crippen molar-refractivity contribution in [2.24, 2.45) is 0 Å². The van der Waals surface area contributed by atoms with E-state index in [0.717, 1.165) is 9.13 Å². The molecule has 0 spiro atoms. The number of aliphatic hydroxyl groups excluding tert-OH is 1. The molecule has 0 radical (unpaired) electrons. The molecular formula is C57H69N21O24P4S4-4. The molecule has 7 unspecified atom stereocenters. The summed E-state index contributed by atoms with van der Waals surface area (Å²) in [5.74, 6) is -0.269. The third kappa shape index (κ3) is 13.5. The average molecular weight is 1680 g/mol. The predicted octanol–water partition coefficient (Wildman–Crippen LogP) is -1.63. The predicted molar refractivity (Wildman–Crippen MR) is 383 cm³/mol. The van der Waals surface area contributed by atoms with Gasteiger partial charge in [0.05, 0.1) is 82.0 Å². The normalized spacial score (nSPS) is 35.3. The molecule has 8 aliphatic rings. The van der Waals surface area contributed by atoms with Gasteiger partial charge in [-0.3, -0.25) is 37.2 Å². The molecule has 16 heterocycles. The molecule has 110 heavy (non-hydrogen) atoms. The summed E-state index contributed by atoms with van der Waals surface area (Å²) in [6.45, 7) is -13.1. The fraction of sp³-hybridized carbons (Fsp3) is 0.596. The third-order valence-electron chi connectivity index (χ3n) is 20.9.